The molecule has 1 amide bonds. The lowest BCUT2D eigenvalue weighted by atomic mass is 10.1. The van der Waals surface area contributed by atoms with Crippen LogP contribution in [0.3, 0.4) is 0 Å². The molecule has 3 aromatic rings. The Morgan fingerprint density at radius 1 is 1.08 bits per heavy atom. The molecule has 1 heterocycles. The zero-order chi connectivity index (χ0) is 18.5. The average Bonchev–Trinajstić information content (AvgIpc) is 3.04. The number of aromatic amines is 1. The van der Waals surface area contributed by atoms with E-state index in [9.17, 15) is 9.59 Å². The van der Waals surface area contributed by atoms with Crippen molar-refractivity contribution in [3.63, 3.8) is 0 Å². The minimum atomic E-state index is -0.384. The van der Waals surface area contributed by atoms with Gasteiger partial charge in [-0.2, -0.15) is 0 Å². The zero-order valence-corrected chi connectivity index (χ0v) is 15.0. The van der Waals surface area contributed by atoms with Crippen LogP contribution in [0.25, 0.3) is 10.9 Å². The number of hydrogen-bond acceptors (Lipinski definition) is 3. The Hall–Kier alpha value is -3.08. The third-order valence-electron chi connectivity index (χ3n) is 4.43. The van der Waals surface area contributed by atoms with E-state index in [2.05, 4.69) is 10.3 Å². The summed E-state index contributed by atoms with van der Waals surface area (Å²) in [6.45, 7) is 3.71. The van der Waals surface area contributed by atoms with Gasteiger partial charge in [0.2, 0.25) is 0 Å². The number of ether oxygens (including phenoxy) is 1. The minimum Gasteiger partial charge on any atom is -0.456 e. The van der Waals surface area contributed by atoms with Crippen LogP contribution in [0.1, 0.15) is 23.1 Å². The molecule has 0 radical (unpaired) electrons. The molecule has 0 saturated heterocycles. The second-order valence-corrected chi connectivity index (χ2v) is 6.37. The number of aryl methyl sites for hydroxylation is 3. The molecule has 0 aliphatic heterocycles. The number of amides is 1. The lowest BCUT2D eigenvalue weighted by Crippen LogP contribution is -2.21. The third-order valence-corrected chi connectivity index (χ3v) is 4.43. The van der Waals surface area contributed by atoms with Crippen LogP contribution in [0.2, 0.25) is 0 Å². The molecule has 2 N–H and O–H groups in total. The van der Waals surface area contributed by atoms with E-state index in [-0.39, 0.29) is 24.9 Å². The predicted molar refractivity (Wildman–Crippen MR) is 102 cm³/mol. The van der Waals surface area contributed by atoms with Gasteiger partial charge in [0.25, 0.3) is 5.91 Å². The second kappa shape index (κ2) is 7.87. The van der Waals surface area contributed by atoms with Crippen molar-refractivity contribution >= 4 is 28.5 Å². The first-order valence-corrected chi connectivity index (χ1v) is 8.60. The molecule has 5 heteroatoms. The fraction of sp³-hybridized carbons (Fsp3) is 0.238. The van der Waals surface area contributed by atoms with E-state index in [4.69, 9.17) is 4.74 Å². The summed E-state index contributed by atoms with van der Waals surface area (Å²) in [7, 11) is 0. The fourth-order valence-corrected chi connectivity index (χ4v) is 2.81. The first-order valence-electron chi connectivity index (χ1n) is 8.60. The highest BCUT2D eigenvalue weighted by atomic mass is 16.5. The van der Waals surface area contributed by atoms with Gasteiger partial charge >= 0.3 is 5.97 Å². The molecule has 0 atom stereocenters. The Labute approximate surface area is 152 Å². The average molecular weight is 350 g/mol. The largest absolute Gasteiger partial charge is 0.456 e. The van der Waals surface area contributed by atoms with Crippen molar-refractivity contribution < 1.29 is 14.3 Å². The summed E-state index contributed by atoms with van der Waals surface area (Å²) in [5.74, 6) is -0.723. The van der Waals surface area contributed by atoms with E-state index < -0.39 is 0 Å². The van der Waals surface area contributed by atoms with Crippen molar-refractivity contribution in [3.05, 3.63) is 65.4 Å². The SMILES string of the molecule is Cc1ccc(NC(=O)COC(=O)CCc2c[nH]c3ccccc23)cc1C. The van der Waals surface area contributed by atoms with Crippen molar-refractivity contribution in [2.24, 2.45) is 0 Å². The number of nitrogens with one attached hydrogen (secondary N) is 2. The number of carbonyl (C=O) groups is 2. The first kappa shape index (κ1) is 17.7. The number of H-pyrrole nitrogens is 1. The fourth-order valence-electron chi connectivity index (χ4n) is 2.81. The lowest BCUT2D eigenvalue weighted by Gasteiger charge is -2.08. The van der Waals surface area contributed by atoms with Crippen LogP contribution in [-0.2, 0) is 20.7 Å². The number of esters is 1. The van der Waals surface area contributed by atoms with Gasteiger partial charge in [-0.05, 0) is 55.2 Å². The van der Waals surface area contributed by atoms with Crippen LogP contribution < -0.4 is 5.32 Å². The molecule has 0 fully saturated rings. The van der Waals surface area contributed by atoms with Crippen LogP contribution in [0.4, 0.5) is 5.69 Å². The van der Waals surface area contributed by atoms with Gasteiger partial charge < -0.3 is 15.0 Å². The molecule has 134 valence electrons. The Kier molecular flexibility index (Phi) is 5.37. The summed E-state index contributed by atoms with van der Waals surface area (Å²) < 4.78 is 5.08. The van der Waals surface area contributed by atoms with E-state index in [0.29, 0.717) is 12.1 Å². The van der Waals surface area contributed by atoms with E-state index in [1.165, 1.54) is 0 Å². The summed E-state index contributed by atoms with van der Waals surface area (Å²) in [6, 6.07) is 13.6. The number of carbonyl (C=O) groups excluding carboxylic acids is 2. The third kappa shape index (κ3) is 4.30. The van der Waals surface area contributed by atoms with Gasteiger partial charge in [0.1, 0.15) is 0 Å². The number of rotatable bonds is 6. The highest BCUT2D eigenvalue weighted by Crippen LogP contribution is 2.19. The maximum absolute atomic E-state index is 11.9. The molecule has 0 aliphatic carbocycles. The van der Waals surface area contributed by atoms with Crippen molar-refractivity contribution in [2.45, 2.75) is 26.7 Å². The second-order valence-electron chi connectivity index (χ2n) is 6.37. The summed E-state index contributed by atoms with van der Waals surface area (Å²) in [5, 5.41) is 3.84. The molecule has 1 aromatic heterocycles. The molecule has 0 spiro atoms. The molecule has 3 rings (SSSR count). The van der Waals surface area contributed by atoms with E-state index in [1.807, 2.05) is 62.5 Å². The number of hydrogen-bond donors (Lipinski definition) is 2. The van der Waals surface area contributed by atoms with Crippen LogP contribution >= 0.6 is 0 Å². The number of fused-ring (bicyclic) bond motifs is 1. The molecule has 2 aromatic carbocycles. The summed E-state index contributed by atoms with van der Waals surface area (Å²) in [4.78, 5) is 27.0. The Balaban J connectivity index is 1.46. The van der Waals surface area contributed by atoms with E-state index in [1.54, 1.807) is 0 Å². The van der Waals surface area contributed by atoms with Gasteiger partial charge in [-0.15, -0.1) is 0 Å². The molecule has 0 unspecified atom stereocenters. The highest BCUT2D eigenvalue weighted by molar-refractivity contribution is 5.93. The van der Waals surface area contributed by atoms with Crippen molar-refractivity contribution in [1.29, 1.82) is 0 Å². The first-order chi connectivity index (χ1) is 12.5. The van der Waals surface area contributed by atoms with Crippen molar-refractivity contribution in [1.82, 2.24) is 4.98 Å². The lowest BCUT2D eigenvalue weighted by molar-refractivity contribution is -0.147. The normalized spacial score (nSPS) is 10.7. The smallest absolute Gasteiger partial charge is 0.306 e. The van der Waals surface area contributed by atoms with Crippen LogP contribution in [0.15, 0.2) is 48.7 Å². The molecular weight excluding hydrogens is 328 g/mol. The summed E-state index contributed by atoms with van der Waals surface area (Å²) in [6.07, 6.45) is 2.71. The summed E-state index contributed by atoms with van der Waals surface area (Å²) >= 11 is 0. The summed E-state index contributed by atoms with van der Waals surface area (Å²) in [5.41, 5.74) is 5.07. The van der Waals surface area contributed by atoms with Gasteiger partial charge in [0.15, 0.2) is 6.61 Å². The number of benzene rings is 2. The standard InChI is InChI=1S/C21H22N2O3/c1-14-7-9-17(11-15(14)2)23-20(24)13-26-21(25)10-8-16-12-22-19-6-4-3-5-18(16)19/h3-7,9,11-12,22H,8,10,13H2,1-2H3,(H,23,24). The number of para-hydroxylation sites is 1. The van der Waals surface area contributed by atoms with Crippen LogP contribution in [0, 0.1) is 13.8 Å². The van der Waals surface area contributed by atoms with Crippen LogP contribution in [-0.4, -0.2) is 23.5 Å². The zero-order valence-electron chi connectivity index (χ0n) is 15.0. The van der Waals surface area contributed by atoms with Crippen LogP contribution in [0.5, 0.6) is 0 Å². The monoisotopic (exact) mass is 350 g/mol. The molecule has 26 heavy (non-hydrogen) atoms. The molecule has 0 aliphatic rings. The number of anilines is 1. The number of aromatic nitrogens is 1. The van der Waals surface area contributed by atoms with Gasteiger partial charge in [-0.1, -0.05) is 24.3 Å². The Bertz CT molecular complexity index is 943. The maximum Gasteiger partial charge on any atom is 0.306 e. The van der Waals surface area contributed by atoms with Gasteiger partial charge in [-0.3, -0.25) is 9.59 Å². The molecule has 0 bridgehead atoms. The minimum absolute atomic E-state index is 0.235. The molecule has 5 nitrogen and oxygen atoms in total. The topological polar surface area (TPSA) is 71.2 Å². The van der Waals surface area contributed by atoms with E-state index in [0.717, 1.165) is 27.6 Å². The van der Waals surface area contributed by atoms with Gasteiger partial charge in [0, 0.05) is 29.2 Å². The van der Waals surface area contributed by atoms with Gasteiger partial charge in [-0.25, -0.2) is 0 Å². The maximum atomic E-state index is 11.9. The van der Waals surface area contributed by atoms with Crippen molar-refractivity contribution in [3.8, 4) is 0 Å². The van der Waals surface area contributed by atoms with E-state index >= 15 is 0 Å². The highest BCUT2D eigenvalue weighted by Gasteiger charge is 2.10. The van der Waals surface area contributed by atoms with Crippen molar-refractivity contribution in [2.75, 3.05) is 11.9 Å². The molecule has 0 saturated carbocycles. The Morgan fingerprint density at radius 2 is 1.88 bits per heavy atom. The quantitative estimate of drug-likeness (QED) is 0.662. The van der Waals surface area contributed by atoms with Gasteiger partial charge in [0.05, 0.1) is 0 Å². The Morgan fingerprint density at radius 3 is 2.69 bits per heavy atom. The molecular formula is C21H22N2O3. The predicted octanol–water partition coefficient (Wildman–Crippen LogP) is 3.90.